The van der Waals surface area contributed by atoms with E-state index in [0.29, 0.717) is 25.7 Å². The molecule has 9 atom stereocenters. The highest BCUT2D eigenvalue weighted by Gasteiger charge is 2.50. The first kappa shape index (κ1) is 58.3. The van der Waals surface area contributed by atoms with Crippen molar-refractivity contribution in [2.75, 3.05) is 37.8 Å². The van der Waals surface area contributed by atoms with Gasteiger partial charge in [-0.1, -0.05) is 38.5 Å². The van der Waals surface area contributed by atoms with Crippen LogP contribution in [0.3, 0.4) is 0 Å². The topological polar surface area (TPSA) is 486 Å². The van der Waals surface area contributed by atoms with E-state index in [9.17, 15) is 67.2 Å². The van der Waals surface area contributed by atoms with E-state index < -0.39 is 111 Å². The molecule has 0 bridgehead atoms. The van der Waals surface area contributed by atoms with Crippen LogP contribution in [0, 0.1) is 5.41 Å². The average Bonchev–Trinajstić information content (AvgIpc) is 3.76. The maximum absolute atomic E-state index is 12.7. The van der Waals surface area contributed by atoms with Gasteiger partial charge in [0.2, 0.25) is 11.8 Å². The van der Waals surface area contributed by atoms with E-state index >= 15 is 0 Å². The number of rotatable bonds is 28. The molecule has 0 spiro atoms. The number of phosphoric ester groups is 4. The van der Waals surface area contributed by atoms with Crippen LogP contribution >= 0.6 is 43.1 Å². The highest BCUT2D eigenvalue weighted by Crippen LogP contribution is 2.61. The number of aliphatic hydroxyl groups is 2. The fourth-order valence-corrected chi connectivity index (χ4v) is 9.75. The lowest BCUT2D eigenvalue weighted by Crippen LogP contribution is -2.46. The lowest BCUT2D eigenvalue weighted by atomic mass is 9.87. The van der Waals surface area contributed by atoms with Crippen LogP contribution in [0.25, 0.3) is 11.2 Å². The second kappa shape index (κ2) is 25.2. The van der Waals surface area contributed by atoms with Crippen LogP contribution in [0.1, 0.15) is 65.5 Å². The Morgan fingerprint density at radius 2 is 1.61 bits per heavy atom. The number of carbonyl (C=O) groups is 4. The number of amides is 3. The molecule has 2 aromatic rings. The Morgan fingerprint density at radius 1 is 0.940 bits per heavy atom. The smallest absolute Gasteiger partial charge is 0.386 e. The van der Waals surface area contributed by atoms with Crippen LogP contribution in [0.15, 0.2) is 12.7 Å². The molecule has 3 rings (SSSR count). The monoisotopic (exact) mass is 1060 g/mol. The van der Waals surface area contributed by atoms with Gasteiger partial charge in [-0.2, -0.15) is 4.31 Å². The van der Waals surface area contributed by atoms with E-state index in [1.807, 2.05) is 0 Å². The maximum Gasteiger partial charge on any atom is 0.528 e. The zero-order valence-corrected chi connectivity index (χ0v) is 40.3. The second-order valence-corrected chi connectivity index (χ2v) is 21.9. The molecule has 36 heteroatoms. The lowest BCUT2D eigenvalue weighted by Gasteiger charge is -2.30. The maximum atomic E-state index is 12.7. The van der Waals surface area contributed by atoms with Gasteiger partial charge >= 0.3 is 37.4 Å². The molecule has 2 aromatic heterocycles. The Labute approximate surface area is 385 Å². The molecule has 1 aliphatic heterocycles. The van der Waals surface area contributed by atoms with E-state index in [0.717, 1.165) is 29.0 Å². The fraction of sp³-hybridized carbons (Fsp3) is 0.710. The number of phosphoric acid groups is 4. The summed E-state index contributed by atoms with van der Waals surface area (Å²) in [4.78, 5) is 117. The molecule has 0 saturated carbocycles. The molecule has 1 saturated heterocycles. The number of carbonyl (C=O) groups excluding carboxylic acids is 4. The molecular weight excluding hydrogens is 1010 g/mol. The number of nitrogens with one attached hydrogen (secondary N) is 3. The van der Waals surface area contributed by atoms with Crippen molar-refractivity contribution in [3.8, 4) is 0 Å². The van der Waals surface area contributed by atoms with E-state index in [4.69, 9.17) is 35.0 Å². The fourth-order valence-electron chi connectivity index (χ4n) is 5.93. The SMILES string of the molecule is CC(N)C(CCCCCC(=O)SCCNC(=O)CCNC(=O)C(O)C(C)(C)COP(=O)(O)OP(=O)(O)OCC1OC(n2cnc3c(N)ncnc32)C(O)C1OP(=O)(O)O)NC(=O)OP(=O)(O)O. The minimum absolute atomic E-state index is 0.0126. The minimum Gasteiger partial charge on any atom is -0.386 e. The number of anilines is 1. The number of hydrogen-bond acceptors (Lipinski definition) is 22. The van der Waals surface area contributed by atoms with Crippen molar-refractivity contribution in [2.24, 2.45) is 11.1 Å². The highest BCUT2D eigenvalue weighted by atomic mass is 32.2. The van der Waals surface area contributed by atoms with Gasteiger partial charge in [0.15, 0.2) is 22.8 Å². The van der Waals surface area contributed by atoms with Gasteiger partial charge in [0.05, 0.1) is 19.5 Å². The van der Waals surface area contributed by atoms with Crippen molar-refractivity contribution >= 4 is 83.1 Å². The summed E-state index contributed by atoms with van der Waals surface area (Å²) in [6, 6.07) is -1.17. The van der Waals surface area contributed by atoms with Gasteiger partial charge < -0.3 is 66.5 Å². The number of aromatic nitrogens is 4. The van der Waals surface area contributed by atoms with E-state index in [1.165, 1.54) is 13.8 Å². The number of unbranched alkanes of at least 4 members (excludes halogenated alkanes) is 2. The lowest BCUT2D eigenvalue weighted by molar-refractivity contribution is -0.137. The van der Waals surface area contributed by atoms with Crippen molar-refractivity contribution in [1.82, 2.24) is 35.5 Å². The summed E-state index contributed by atoms with van der Waals surface area (Å²) < 4.78 is 77.0. The third-order valence-electron chi connectivity index (χ3n) is 9.30. The summed E-state index contributed by atoms with van der Waals surface area (Å²) in [5.41, 5.74) is 9.99. The normalized spacial score (nSPS) is 21.1. The number of nitrogens with two attached hydrogens (primary N) is 2. The van der Waals surface area contributed by atoms with Crippen LogP contribution in [-0.4, -0.2) is 151 Å². The third-order valence-corrected chi connectivity index (χ3v) is 13.7. The summed E-state index contributed by atoms with van der Waals surface area (Å²) in [6.45, 7) is 1.81. The van der Waals surface area contributed by atoms with Crippen molar-refractivity contribution in [2.45, 2.75) is 102 Å². The van der Waals surface area contributed by atoms with Gasteiger partial charge in [-0.05, 0) is 19.8 Å². The van der Waals surface area contributed by atoms with E-state index in [1.54, 1.807) is 6.92 Å². The number of hydrogen-bond donors (Lipinski definition) is 13. The van der Waals surface area contributed by atoms with Gasteiger partial charge in [0.1, 0.15) is 36.3 Å². The van der Waals surface area contributed by atoms with Gasteiger partial charge in [0.25, 0.3) is 0 Å². The molecule has 67 heavy (non-hydrogen) atoms. The Hall–Kier alpha value is -3.06. The van der Waals surface area contributed by atoms with Crippen LogP contribution in [0.2, 0.25) is 0 Å². The molecule has 3 heterocycles. The Bertz CT molecular complexity index is 2210. The summed E-state index contributed by atoms with van der Waals surface area (Å²) >= 11 is 0.986. The molecule has 15 N–H and O–H groups in total. The summed E-state index contributed by atoms with van der Waals surface area (Å²) in [6.07, 6.45) is -6.24. The van der Waals surface area contributed by atoms with Gasteiger partial charge in [-0.25, -0.2) is 38.0 Å². The molecule has 1 aliphatic rings. The average molecular weight is 1060 g/mol. The summed E-state index contributed by atoms with van der Waals surface area (Å²) in [7, 11) is -21.5. The molecule has 0 aliphatic carbocycles. The van der Waals surface area contributed by atoms with Crippen molar-refractivity contribution < 1.29 is 104 Å². The molecule has 0 radical (unpaired) electrons. The number of thioether (sulfide) groups is 1. The second-order valence-electron chi connectivity index (χ2n) is 15.4. The Balaban J connectivity index is 1.36. The third kappa shape index (κ3) is 20.1. The first-order valence-corrected chi connectivity index (χ1v) is 26.8. The number of nitrogens with zero attached hydrogens (tertiary/aromatic N) is 4. The van der Waals surface area contributed by atoms with Crippen LogP contribution in [0.4, 0.5) is 10.6 Å². The predicted octanol–water partition coefficient (Wildman–Crippen LogP) is -0.850. The molecule has 1 fully saturated rings. The van der Waals surface area contributed by atoms with Crippen molar-refractivity contribution in [3.63, 3.8) is 0 Å². The Kier molecular flexibility index (Phi) is 21.9. The van der Waals surface area contributed by atoms with Gasteiger partial charge in [-0.15, -0.1) is 0 Å². The first-order chi connectivity index (χ1) is 30.9. The zero-order chi connectivity index (χ0) is 50.5. The quantitative estimate of drug-likeness (QED) is 0.0365. The van der Waals surface area contributed by atoms with E-state index in [-0.39, 0.29) is 53.8 Å². The largest absolute Gasteiger partial charge is 0.528 e. The number of fused-ring (bicyclic) bond motifs is 1. The van der Waals surface area contributed by atoms with Crippen LogP contribution < -0.4 is 27.4 Å². The van der Waals surface area contributed by atoms with Crippen molar-refractivity contribution in [1.29, 1.82) is 0 Å². The predicted molar refractivity (Wildman–Crippen MR) is 229 cm³/mol. The highest BCUT2D eigenvalue weighted by molar-refractivity contribution is 8.13. The van der Waals surface area contributed by atoms with Crippen LogP contribution in [-0.2, 0) is 59.8 Å². The van der Waals surface area contributed by atoms with Crippen molar-refractivity contribution in [3.05, 3.63) is 12.7 Å². The first-order valence-electron chi connectivity index (χ1n) is 19.8. The standard InChI is InChI=1S/C31H55N9O22P4S/c1-17(32)18(39-30(46)61-64(50,51)52)7-5-4-6-8-21(42)67-12-11-34-20(41)9-10-35-28(45)25(44)31(2,3)14-58-66(55,56)62-65(53,54)57-13-19-24(60-63(47,48)49)23(43)29(59-19)40-16-38-22-26(33)36-15-37-27(22)40/h15-19,23-25,29,43-44H,4-14,32H2,1-3H3,(H,34,41)(H,35,45)(H,39,46)(H,53,54)(H,55,56)(H2,33,36,37)(H2,47,48,49)(H2,50,51,52). The van der Waals surface area contributed by atoms with Gasteiger partial charge in [0, 0.05) is 49.2 Å². The molecule has 31 nitrogen and oxygen atoms in total. The molecular formula is C31H55N9O22P4S. The minimum atomic E-state index is -5.61. The number of nitrogen functional groups attached to an aromatic ring is 1. The number of imidazole rings is 1. The molecule has 0 aromatic carbocycles. The Morgan fingerprint density at radius 3 is 2.25 bits per heavy atom. The number of ether oxygens (including phenoxy) is 1. The molecule has 9 unspecified atom stereocenters. The molecule has 382 valence electrons. The summed E-state index contributed by atoms with van der Waals surface area (Å²) in [5.74, 6) is -1.35. The summed E-state index contributed by atoms with van der Waals surface area (Å²) in [5, 5.41) is 28.6. The van der Waals surface area contributed by atoms with Crippen LogP contribution in [0.5, 0.6) is 0 Å². The number of aliphatic hydroxyl groups excluding tert-OH is 2. The van der Waals surface area contributed by atoms with Gasteiger partial charge in [-0.3, -0.25) is 42.3 Å². The zero-order valence-electron chi connectivity index (χ0n) is 35.9. The van der Waals surface area contributed by atoms with E-state index in [2.05, 4.69) is 44.3 Å². The molecule has 3 amide bonds.